The van der Waals surface area contributed by atoms with Crippen LogP contribution >= 0.6 is 0 Å². The Morgan fingerprint density at radius 1 is 1.52 bits per heavy atom. The number of hydrogen-bond donors (Lipinski definition) is 0. The van der Waals surface area contributed by atoms with Crippen LogP contribution < -0.4 is 4.74 Å². The molecule has 1 unspecified atom stereocenters. The molecule has 2 heterocycles. The van der Waals surface area contributed by atoms with Gasteiger partial charge < -0.3 is 9.47 Å². The Kier molecular flexibility index (Phi) is 3.60. The molecule has 0 aliphatic carbocycles. The van der Waals surface area contributed by atoms with Crippen LogP contribution in [0.3, 0.4) is 0 Å². The average molecular weight is 290 g/mol. The summed E-state index contributed by atoms with van der Waals surface area (Å²) in [5, 5.41) is 4.14. The van der Waals surface area contributed by atoms with Crippen LogP contribution in [0.4, 0.5) is 4.39 Å². The maximum atomic E-state index is 13.8. The highest BCUT2D eigenvalue weighted by atomic mass is 19.1. The largest absolute Gasteiger partial charge is 0.469 e. The van der Waals surface area contributed by atoms with Gasteiger partial charge in [0.1, 0.15) is 11.9 Å². The number of ether oxygens (including phenoxy) is 2. The lowest BCUT2D eigenvalue weighted by molar-refractivity contribution is 0.0518. The van der Waals surface area contributed by atoms with Crippen molar-refractivity contribution in [3.05, 3.63) is 47.4 Å². The van der Waals surface area contributed by atoms with Crippen LogP contribution in [0.25, 0.3) is 0 Å². The van der Waals surface area contributed by atoms with E-state index in [0.717, 1.165) is 0 Å². The van der Waals surface area contributed by atoms with Gasteiger partial charge in [-0.05, 0) is 13.0 Å². The topological polar surface area (TPSA) is 53.4 Å². The molecule has 2 aromatic rings. The molecule has 6 heteroatoms. The SMILES string of the molecule is CCOC(=O)c1cc2n(n1)CCC(c1ccccc1F)O2. The highest BCUT2D eigenvalue weighted by molar-refractivity contribution is 5.87. The number of nitrogens with zero attached hydrogens (tertiary/aromatic N) is 2. The lowest BCUT2D eigenvalue weighted by Crippen LogP contribution is -2.20. The van der Waals surface area contributed by atoms with Gasteiger partial charge >= 0.3 is 5.97 Å². The quantitative estimate of drug-likeness (QED) is 0.816. The van der Waals surface area contributed by atoms with Crippen LogP contribution in [0.15, 0.2) is 30.3 Å². The first-order chi connectivity index (χ1) is 10.2. The van der Waals surface area contributed by atoms with E-state index in [9.17, 15) is 9.18 Å². The average Bonchev–Trinajstić information content (AvgIpc) is 2.91. The second kappa shape index (κ2) is 5.55. The minimum atomic E-state index is -0.481. The first-order valence-electron chi connectivity index (χ1n) is 6.85. The molecule has 5 nitrogen and oxygen atoms in total. The minimum Gasteiger partial charge on any atom is -0.469 e. The van der Waals surface area contributed by atoms with Gasteiger partial charge in [-0.2, -0.15) is 5.10 Å². The van der Waals surface area contributed by atoms with Gasteiger partial charge in [-0.15, -0.1) is 0 Å². The van der Waals surface area contributed by atoms with Gasteiger partial charge in [0.15, 0.2) is 5.69 Å². The Morgan fingerprint density at radius 2 is 2.33 bits per heavy atom. The molecule has 0 radical (unpaired) electrons. The van der Waals surface area contributed by atoms with E-state index in [1.54, 1.807) is 29.8 Å². The van der Waals surface area contributed by atoms with E-state index < -0.39 is 5.97 Å². The molecule has 0 N–H and O–H groups in total. The third kappa shape index (κ3) is 2.61. The number of carbonyl (C=O) groups excluding carboxylic acids is 1. The third-order valence-corrected chi connectivity index (χ3v) is 3.35. The molecular weight excluding hydrogens is 275 g/mol. The molecule has 0 saturated heterocycles. The molecule has 1 aromatic heterocycles. The summed E-state index contributed by atoms with van der Waals surface area (Å²) >= 11 is 0. The number of carbonyl (C=O) groups is 1. The van der Waals surface area contributed by atoms with Crippen molar-refractivity contribution in [2.24, 2.45) is 0 Å². The highest BCUT2D eigenvalue weighted by Gasteiger charge is 2.26. The first kappa shape index (κ1) is 13.6. The predicted molar refractivity (Wildman–Crippen MR) is 72.6 cm³/mol. The van der Waals surface area contributed by atoms with E-state index in [-0.39, 0.29) is 17.6 Å². The monoisotopic (exact) mass is 290 g/mol. The Bertz CT molecular complexity index is 669. The second-order valence-corrected chi connectivity index (χ2v) is 4.73. The van der Waals surface area contributed by atoms with Gasteiger partial charge in [0.25, 0.3) is 0 Å². The van der Waals surface area contributed by atoms with Gasteiger partial charge in [0.05, 0.1) is 6.61 Å². The van der Waals surface area contributed by atoms with E-state index in [2.05, 4.69) is 5.10 Å². The van der Waals surface area contributed by atoms with Crippen LogP contribution in [0.1, 0.15) is 35.5 Å². The van der Waals surface area contributed by atoms with Gasteiger partial charge in [-0.25, -0.2) is 13.9 Å². The summed E-state index contributed by atoms with van der Waals surface area (Å²) in [6.45, 7) is 2.59. The summed E-state index contributed by atoms with van der Waals surface area (Å²) in [6, 6.07) is 8.07. The number of rotatable bonds is 3. The van der Waals surface area contributed by atoms with Crippen molar-refractivity contribution < 1.29 is 18.7 Å². The van der Waals surface area contributed by atoms with Crippen molar-refractivity contribution in [1.29, 1.82) is 0 Å². The van der Waals surface area contributed by atoms with Crippen molar-refractivity contribution in [1.82, 2.24) is 9.78 Å². The number of hydrogen-bond acceptors (Lipinski definition) is 4. The number of fused-ring (bicyclic) bond motifs is 1. The van der Waals surface area contributed by atoms with Crippen molar-refractivity contribution in [2.45, 2.75) is 26.0 Å². The zero-order chi connectivity index (χ0) is 14.8. The van der Waals surface area contributed by atoms with E-state index >= 15 is 0 Å². The molecule has 1 atom stereocenters. The molecule has 21 heavy (non-hydrogen) atoms. The maximum Gasteiger partial charge on any atom is 0.358 e. The summed E-state index contributed by atoms with van der Waals surface area (Å²) < 4.78 is 26.1. The van der Waals surface area contributed by atoms with Crippen LogP contribution in [0, 0.1) is 5.82 Å². The third-order valence-electron chi connectivity index (χ3n) is 3.35. The molecule has 1 aromatic carbocycles. The Morgan fingerprint density at radius 3 is 3.10 bits per heavy atom. The fraction of sp³-hybridized carbons (Fsp3) is 0.333. The minimum absolute atomic E-state index is 0.209. The van der Waals surface area contributed by atoms with Gasteiger partial charge in [0, 0.05) is 24.6 Å². The van der Waals surface area contributed by atoms with Gasteiger partial charge in [0.2, 0.25) is 5.88 Å². The predicted octanol–water partition coefficient (Wildman–Crippen LogP) is 2.72. The molecule has 0 fully saturated rings. The normalized spacial score (nSPS) is 17.0. The number of benzene rings is 1. The Balaban J connectivity index is 1.83. The van der Waals surface area contributed by atoms with Crippen molar-refractivity contribution in [2.75, 3.05) is 6.61 Å². The molecule has 3 rings (SSSR count). The van der Waals surface area contributed by atoms with E-state index in [1.807, 2.05) is 0 Å². The van der Waals surface area contributed by atoms with Gasteiger partial charge in [-0.1, -0.05) is 18.2 Å². The smallest absolute Gasteiger partial charge is 0.358 e. The van der Waals surface area contributed by atoms with Crippen LogP contribution in [-0.2, 0) is 11.3 Å². The fourth-order valence-electron chi connectivity index (χ4n) is 2.36. The second-order valence-electron chi connectivity index (χ2n) is 4.73. The van der Waals surface area contributed by atoms with E-state index in [0.29, 0.717) is 31.0 Å². The first-order valence-corrected chi connectivity index (χ1v) is 6.85. The number of halogens is 1. The number of aryl methyl sites for hydroxylation is 1. The lowest BCUT2D eigenvalue weighted by atomic mass is 10.1. The molecule has 0 bridgehead atoms. The van der Waals surface area contributed by atoms with Crippen molar-refractivity contribution in [3.8, 4) is 5.88 Å². The molecule has 1 aliphatic heterocycles. The van der Waals surface area contributed by atoms with Crippen molar-refractivity contribution in [3.63, 3.8) is 0 Å². The summed E-state index contributed by atoms with van der Waals surface area (Å²) in [5.74, 6) is -0.316. The summed E-state index contributed by atoms with van der Waals surface area (Å²) in [7, 11) is 0. The zero-order valence-electron chi connectivity index (χ0n) is 11.6. The van der Waals surface area contributed by atoms with E-state index in [1.165, 1.54) is 12.1 Å². The molecule has 0 amide bonds. The molecular formula is C15H15FN2O3. The number of esters is 1. The van der Waals surface area contributed by atoms with Crippen LogP contribution in [0.5, 0.6) is 5.88 Å². The fourth-order valence-corrected chi connectivity index (χ4v) is 2.36. The lowest BCUT2D eigenvalue weighted by Gasteiger charge is -2.25. The zero-order valence-corrected chi connectivity index (χ0v) is 11.6. The number of aromatic nitrogens is 2. The molecule has 110 valence electrons. The Hall–Kier alpha value is -2.37. The maximum absolute atomic E-state index is 13.8. The Labute approximate surface area is 121 Å². The summed E-state index contributed by atoms with van der Waals surface area (Å²) in [6.07, 6.45) is 0.225. The summed E-state index contributed by atoms with van der Waals surface area (Å²) in [4.78, 5) is 11.7. The van der Waals surface area contributed by atoms with Crippen LogP contribution in [-0.4, -0.2) is 22.4 Å². The van der Waals surface area contributed by atoms with Crippen LogP contribution in [0.2, 0.25) is 0 Å². The molecule has 0 saturated carbocycles. The van der Waals surface area contributed by atoms with Gasteiger partial charge in [-0.3, -0.25) is 0 Å². The molecule has 0 spiro atoms. The molecule has 1 aliphatic rings. The van der Waals surface area contributed by atoms with E-state index in [4.69, 9.17) is 9.47 Å². The van der Waals surface area contributed by atoms with Crippen molar-refractivity contribution >= 4 is 5.97 Å². The summed E-state index contributed by atoms with van der Waals surface area (Å²) in [5.41, 5.74) is 0.726. The standard InChI is InChI=1S/C15H15FN2O3/c1-2-20-15(19)12-9-14-18(17-12)8-7-13(21-14)10-5-3-4-6-11(10)16/h3-6,9,13H,2,7-8H2,1H3. The highest BCUT2D eigenvalue weighted by Crippen LogP contribution is 2.32.